The van der Waals surface area contributed by atoms with E-state index in [1.807, 2.05) is 0 Å². The average molecular weight is 351 g/mol. The fourth-order valence-corrected chi connectivity index (χ4v) is 2.62. The van der Waals surface area contributed by atoms with Crippen LogP contribution in [0, 0.1) is 0 Å². The van der Waals surface area contributed by atoms with Crippen molar-refractivity contribution in [2.75, 3.05) is 5.32 Å². The van der Waals surface area contributed by atoms with Gasteiger partial charge in [0, 0.05) is 34.5 Å². The van der Waals surface area contributed by atoms with Gasteiger partial charge in [0.25, 0.3) is 11.5 Å². The van der Waals surface area contributed by atoms with Crippen LogP contribution in [0.25, 0.3) is 10.8 Å². The second kappa shape index (κ2) is 7.16. The highest BCUT2D eigenvalue weighted by atomic mass is 16.2. The number of rotatable bonds is 5. The first-order chi connectivity index (χ1) is 12.5. The number of benzene rings is 1. The summed E-state index contributed by atoms with van der Waals surface area (Å²) in [6.07, 6.45) is 1.86. The molecule has 26 heavy (non-hydrogen) atoms. The SMILES string of the molecule is NC(=O)[C@@H](N)n1ccc2c(NC(=O)Cc3ccccn3)cccc2c1=O. The molecule has 1 aromatic carbocycles. The van der Waals surface area contributed by atoms with Crippen LogP contribution < -0.4 is 22.3 Å². The van der Waals surface area contributed by atoms with Gasteiger partial charge in [-0.1, -0.05) is 12.1 Å². The molecule has 0 spiro atoms. The number of nitrogens with zero attached hydrogens (tertiary/aromatic N) is 2. The van der Waals surface area contributed by atoms with Crippen molar-refractivity contribution >= 4 is 28.3 Å². The number of amides is 2. The molecule has 2 heterocycles. The second-order valence-electron chi connectivity index (χ2n) is 5.69. The van der Waals surface area contributed by atoms with E-state index in [4.69, 9.17) is 11.5 Å². The Hall–Kier alpha value is -3.52. The van der Waals surface area contributed by atoms with Crippen molar-refractivity contribution in [1.82, 2.24) is 9.55 Å². The number of fused-ring (bicyclic) bond motifs is 1. The first-order valence-electron chi connectivity index (χ1n) is 7.86. The smallest absolute Gasteiger partial charge is 0.260 e. The van der Waals surface area contributed by atoms with Gasteiger partial charge in [-0.25, -0.2) is 0 Å². The number of nitrogens with two attached hydrogens (primary N) is 2. The molecule has 0 unspecified atom stereocenters. The number of primary amides is 1. The van der Waals surface area contributed by atoms with Crippen molar-refractivity contribution < 1.29 is 9.59 Å². The second-order valence-corrected chi connectivity index (χ2v) is 5.69. The highest BCUT2D eigenvalue weighted by Crippen LogP contribution is 2.21. The lowest BCUT2D eigenvalue weighted by Gasteiger charge is -2.14. The molecule has 1 atom stereocenters. The number of hydrogen-bond donors (Lipinski definition) is 3. The van der Waals surface area contributed by atoms with Gasteiger partial charge in [-0.05, 0) is 30.3 Å². The number of nitrogens with one attached hydrogen (secondary N) is 1. The Balaban J connectivity index is 1.92. The number of anilines is 1. The van der Waals surface area contributed by atoms with Crippen LogP contribution in [0.1, 0.15) is 11.9 Å². The van der Waals surface area contributed by atoms with Crippen molar-refractivity contribution in [2.45, 2.75) is 12.6 Å². The maximum atomic E-state index is 12.6. The van der Waals surface area contributed by atoms with E-state index >= 15 is 0 Å². The topological polar surface area (TPSA) is 133 Å². The molecule has 0 fully saturated rings. The van der Waals surface area contributed by atoms with E-state index in [9.17, 15) is 14.4 Å². The predicted octanol–water partition coefficient (Wildman–Crippen LogP) is 0.520. The Morgan fingerprint density at radius 1 is 1.12 bits per heavy atom. The molecule has 8 heteroatoms. The number of carbonyl (C=O) groups excluding carboxylic acids is 2. The highest BCUT2D eigenvalue weighted by Gasteiger charge is 2.16. The van der Waals surface area contributed by atoms with Gasteiger partial charge >= 0.3 is 0 Å². The minimum Gasteiger partial charge on any atom is -0.367 e. The zero-order valence-corrected chi connectivity index (χ0v) is 13.8. The number of pyridine rings is 2. The van der Waals surface area contributed by atoms with Crippen LogP contribution in [0.4, 0.5) is 5.69 Å². The van der Waals surface area contributed by atoms with Crippen molar-refractivity contribution in [2.24, 2.45) is 11.5 Å². The zero-order valence-electron chi connectivity index (χ0n) is 13.8. The molecule has 8 nitrogen and oxygen atoms in total. The number of carbonyl (C=O) groups is 2. The molecule has 132 valence electrons. The molecule has 3 rings (SSSR count). The van der Waals surface area contributed by atoms with Crippen molar-refractivity contribution in [3.63, 3.8) is 0 Å². The number of aromatic nitrogens is 2. The quantitative estimate of drug-likeness (QED) is 0.616. The third-order valence-electron chi connectivity index (χ3n) is 3.91. The molecule has 0 aliphatic rings. The molecule has 5 N–H and O–H groups in total. The highest BCUT2D eigenvalue weighted by molar-refractivity contribution is 6.02. The summed E-state index contributed by atoms with van der Waals surface area (Å²) in [5.74, 6) is -1.07. The molecule has 3 aromatic rings. The fourth-order valence-electron chi connectivity index (χ4n) is 2.62. The molecule has 2 aromatic heterocycles. The summed E-state index contributed by atoms with van der Waals surface area (Å²) in [4.78, 5) is 40.2. The molecule has 0 aliphatic carbocycles. The summed E-state index contributed by atoms with van der Waals surface area (Å²) in [6.45, 7) is 0. The van der Waals surface area contributed by atoms with Crippen LogP contribution in [-0.4, -0.2) is 21.4 Å². The third-order valence-corrected chi connectivity index (χ3v) is 3.91. The lowest BCUT2D eigenvalue weighted by Crippen LogP contribution is -2.39. The minimum absolute atomic E-state index is 0.112. The zero-order chi connectivity index (χ0) is 18.7. The Morgan fingerprint density at radius 3 is 2.62 bits per heavy atom. The van der Waals surface area contributed by atoms with Crippen LogP contribution >= 0.6 is 0 Å². The van der Waals surface area contributed by atoms with E-state index < -0.39 is 17.6 Å². The minimum atomic E-state index is -1.26. The summed E-state index contributed by atoms with van der Waals surface area (Å²) < 4.78 is 1.06. The lowest BCUT2D eigenvalue weighted by atomic mass is 10.1. The maximum Gasteiger partial charge on any atom is 0.260 e. The molecule has 0 bridgehead atoms. The molecular formula is C18H17N5O3. The lowest BCUT2D eigenvalue weighted by molar-refractivity contribution is -0.121. The summed E-state index contributed by atoms with van der Waals surface area (Å²) >= 11 is 0. The van der Waals surface area contributed by atoms with Crippen LogP contribution in [0.3, 0.4) is 0 Å². The number of hydrogen-bond acceptors (Lipinski definition) is 5. The molecule has 0 radical (unpaired) electrons. The van der Waals surface area contributed by atoms with E-state index in [2.05, 4.69) is 10.3 Å². The predicted molar refractivity (Wildman–Crippen MR) is 97.2 cm³/mol. The van der Waals surface area contributed by atoms with E-state index in [1.165, 1.54) is 6.20 Å². The summed E-state index contributed by atoms with van der Waals surface area (Å²) in [5.41, 5.74) is 11.5. The van der Waals surface area contributed by atoms with Gasteiger partial charge in [0.15, 0.2) is 6.17 Å². The molecule has 0 saturated carbocycles. The van der Waals surface area contributed by atoms with Gasteiger partial charge < -0.3 is 16.8 Å². The van der Waals surface area contributed by atoms with Crippen molar-refractivity contribution in [3.05, 3.63) is 70.9 Å². The molecule has 2 amide bonds. The van der Waals surface area contributed by atoms with E-state index in [-0.39, 0.29) is 12.3 Å². The summed E-state index contributed by atoms with van der Waals surface area (Å²) in [7, 11) is 0. The van der Waals surface area contributed by atoms with Gasteiger partial charge in [-0.15, -0.1) is 0 Å². The summed E-state index contributed by atoms with van der Waals surface area (Å²) in [5, 5.41) is 3.64. The van der Waals surface area contributed by atoms with Gasteiger partial charge in [-0.2, -0.15) is 0 Å². The Morgan fingerprint density at radius 2 is 1.92 bits per heavy atom. The maximum absolute atomic E-state index is 12.6. The van der Waals surface area contributed by atoms with Crippen LogP contribution in [0.5, 0.6) is 0 Å². The van der Waals surface area contributed by atoms with Gasteiger partial charge in [0.1, 0.15) is 0 Å². The first-order valence-corrected chi connectivity index (χ1v) is 7.86. The van der Waals surface area contributed by atoms with Crippen molar-refractivity contribution in [3.8, 4) is 0 Å². The molecular weight excluding hydrogens is 334 g/mol. The van der Waals surface area contributed by atoms with E-state index in [1.54, 1.807) is 48.7 Å². The average Bonchev–Trinajstić information content (AvgIpc) is 2.63. The van der Waals surface area contributed by atoms with Crippen LogP contribution in [0.2, 0.25) is 0 Å². The molecule has 0 saturated heterocycles. The third kappa shape index (κ3) is 3.45. The van der Waals surface area contributed by atoms with Crippen LogP contribution in [-0.2, 0) is 16.0 Å². The van der Waals surface area contributed by atoms with Gasteiger partial charge in [0.05, 0.1) is 6.42 Å². The largest absolute Gasteiger partial charge is 0.367 e. The Kier molecular flexibility index (Phi) is 4.76. The van der Waals surface area contributed by atoms with E-state index in [0.29, 0.717) is 22.2 Å². The van der Waals surface area contributed by atoms with Crippen molar-refractivity contribution in [1.29, 1.82) is 0 Å². The van der Waals surface area contributed by atoms with E-state index in [0.717, 1.165) is 4.57 Å². The van der Waals surface area contributed by atoms with Gasteiger partial charge in [-0.3, -0.25) is 23.9 Å². The normalized spacial score (nSPS) is 11.9. The Labute approximate surface area is 148 Å². The molecule has 0 aliphatic heterocycles. The first kappa shape index (κ1) is 17.3. The van der Waals surface area contributed by atoms with Crippen LogP contribution in [0.15, 0.2) is 59.7 Å². The Bertz CT molecular complexity index is 1030. The summed E-state index contributed by atoms with van der Waals surface area (Å²) in [6, 6.07) is 11.9. The monoisotopic (exact) mass is 351 g/mol. The van der Waals surface area contributed by atoms with Gasteiger partial charge in [0.2, 0.25) is 5.91 Å². The fraction of sp³-hybridized carbons (Fsp3) is 0.111. The standard InChI is InChI=1S/C18H17N5O3/c19-16(17(20)25)23-9-7-12-13(18(23)26)5-3-6-14(12)22-15(24)10-11-4-1-2-8-21-11/h1-9,16H,10,19H2,(H2,20,25)(H,22,24)/t16-/m0/s1.